The molecule has 0 saturated heterocycles. The normalized spacial score (nSPS) is 11.8. The molecular formula is C15H12ClFN2O4. The molecule has 1 atom stereocenters. The second kappa shape index (κ2) is 7.17. The van der Waals surface area contributed by atoms with Crippen LogP contribution in [-0.2, 0) is 0 Å². The molecule has 23 heavy (non-hydrogen) atoms. The third-order valence-corrected chi connectivity index (χ3v) is 3.46. The molecule has 8 heteroatoms. The lowest BCUT2D eigenvalue weighted by atomic mass is 10.1. The molecule has 0 heterocycles. The first-order chi connectivity index (χ1) is 10.9. The number of benzene rings is 2. The minimum atomic E-state index is -1.10. The standard InChI is InChI=1S/C15H12ClFN2O4/c16-12-4-2-1-3-10(12)14(20)8-18-15(21)11-7-9(17)5-6-13(11)19(22)23/h1-7,14,20H,8H2,(H,18,21). The highest BCUT2D eigenvalue weighted by Gasteiger charge is 2.22. The molecule has 0 aromatic heterocycles. The number of halogens is 2. The van der Waals surface area contributed by atoms with Gasteiger partial charge in [-0.1, -0.05) is 29.8 Å². The number of hydrogen-bond donors (Lipinski definition) is 2. The highest BCUT2D eigenvalue weighted by molar-refractivity contribution is 6.31. The summed E-state index contributed by atoms with van der Waals surface area (Å²) in [4.78, 5) is 22.1. The van der Waals surface area contributed by atoms with Crippen molar-refractivity contribution in [1.29, 1.82) is 0 Å². The maximum absolute atomic E-state index is 13.2. The van der Waals surface area contributed by atoms with E-state index < -0.39 is 34.0 Å². The molecule has 0 saturated carbocycles. The number of aliphatic hydroxyl groups excluding tert-OH is 1. The van der Waals surface area contributed by atoms with Gasteiger partial charge in [0.05, 0.1) is 11.0 Å². The van der Waals surface area contributed by atoms with Gasteiger partial charge in [-0.15, -0.1) is 0 Å². The second-order valence-corrected chi connectivity index (χ2v) is 5.07. The predicted octanol–water partition coefficient (Wildman–Crippen LogP) is 2.85. The van der Waals surface area contributed by atoms with Gasteiger partial charge in [0, 0.05) is 23.2 Å². The van der Waals surface area contributed by atoms with Gasteiger partial charge in [-0.25, -0.2) is 4.39 Å². The summed E-state index contributed by atoms with van der Waals surface area (Å²) in [6.45, 7) is -0.226. The van der Waals surface area contributed by atoms with E-state index in [-0.39, 0.29) is 6.54 Å². The summed E-state index contributed by atoms with van der Waals surface area (Å²) >= 11 is 5.93. The smallest absolute Gasteiger partial charge is 0.282 e. The number of nitro benzene ring substituents is 1. The van der Waals surface area contributed by atoms with Gasteiger partial charge in [-0.05, 0) is 18.2 Å². The summed E-state index contributed by atoms with van der Waals surface area (Å²) in [5.41, 5.74) is -0.527. The van der Waals surface area contributed by atoms with Gasteiger partial charge in [-0.2, -0.15) is 0 Å². The van der Waals surface area contributed by atoms with Gasteiger partial charge in [-0.3, -0.25) is 14.9 Å². The summed E-state index contributed by atoms with van der Waals surface area (Å²) in [5, 5.41) is 23.6. The molecule has 0 spiro atoms. The Morgan fingerprint density at radius 3 is 2.70 bits per heavy atom. The van der Waals surface area contributed by atoms with E-state index in [1.807, 2.05) is 0 Å². The summed E-state index contributed by atoms with van der Waals surface area (Å²) in [5.74, 6) is -1.63. The van der Waals surface area contributed by atoms with Crippen LogP contribution < -0.4 is 5.32 Å². The Hall–Kier alpha value is -2.51. The largest absolute Gasteiger partial charge is 0.387 e. The summed E-state index contributed by atoms with van der Waals surface area (Å²) in [6, 6.07) is 9.11. The Bertz CT molecular complexity index is 754. The van der Waals surface area contributed by atoms with Crippen LogP contribution in [0.4, 0.5) is 10.1 Å². The van der Waals surface area contributed by atoms with Crippen LogP contribution >= 0.6 is 11.6 Å². The van der Waals surface area contributed by atoms with E-state index in [0.717, 1.165) is 18.2 Å². The van der Waals surface area contributed by atoms with E-state index >= 15 is 0 Å². The van der Waals surface area contributed by atoms with Gasteiger partial charge < -0.3 is 10.4 Å². The minimum Gasteiger partial charge on any atom is -0.387 e. The Morgan fingerprint density at radius 1 is 1.35 bits per heavy atom. The number of hydrogen-bond acceptors (Lipinski definition) is 4. The van der Waals surface area contributed by atoms with Crippen molar-refractivity contribution in [2.24, 2.45) is 0 Å². The summed E-state index contributed by atoms with van der Waals surface area (Å²) in [7, 11) is 0. The van der Waals surface area contributed by atoms with Gasteiger partial charge in [0.1, 0.15) is 11.4 Å². The number of carbonyl (C=O) groups excluding carboxylic acids is 1. The fourth-order valence-electron chi connectivity index (χ4n) is 1.99. The number of nitro groups is 1. The molecule has 2 aromatic rings. The zero-order chi connectivity index (χ0) is 17.0. The molecule has 2 rings (SSSR count). The van der Waals surface area contributed by atoms with Crippen molar-refractivity contribution in [2.75, 3.05) is 6.54 Å². The van der Waals surface area contributed by atoms with Crippen molar-refractivity contribution in [2.45, 2.75) is 6.10 Å². The van der Waals surface area contributed by atoms with E-state index in [2.05, 4.69) is 5.32 Å². The van der Waals surface area contributed by atoms with E-state index in [1.165, 1.54) is 0 Å². The Labute approximate surface area is 135 Å². The van der Waals surface area contributed by atoms with Crippen LogP contribution in [0.5, 0.6) is 0 Å². The molecular weight excluding hydrogens is 327 g/mol. The van der Waals surface area contributed by atoms with Crippen LogP contribution in [0.3, 0.4) is 0 Å². The van der Waals surface area contributed by atoms with E-state index in [9.17, 15) is 24.4 Å². The lowest BCUT2D eigenvalue weighted by molar-refractivity contribution is -0.385. The Kier molecular flexibility index (Phi) is 5.25. The SMILES string of the molecule is O=C(NCC(O)c1ccccc1Cl)c1cc(F)ccc1[N+](=O)[O-]. The molecule has 0 aliphatic carbocycles. The van der Waals surface area contributed by atoms with Crippen molar-refractivity contribution < 1.29 is 19.2 Å². The molecule has 1 unspecified atom stereocenters. The van der Waals surface area contributed by atoms with Gasteiger partial charge in [0.15, 0.2) is 0 Å². The van der Waals surface area contributed by atoms with Gasteiger partial charge >= 0.3 is 0 Å². The van der Waals surface area contributed by atoms with Gasteiger partial charge in [0.25, 0.3) is 11.6 Å². The highest BCUT2D eigenvalue weighted by Crippen LogP contribution is 2.23. The lowest BCUT2D eigenvalue weighted by Crippen LogP contribution is -2.29. The molecule has 6 nitrogen and oxygen atoms in total. The van der Waals surface area contributed by atoms with Crippen LogP contribution in [0.15, 0.2) is 42.5 Å². The third-order valence-electron chi connectivity index (χ3n) is 3.12. The highest BCUT2D eigenvalue weighted by atomic mass is 35.5. The topological polar surface area (TPSA) is 92.5 Å². The van der Waals surface area contributed by atoms with Crippen LogP contribution in [0.1, 0.15) is 22.0 Å². The van der Waals surface area contributed by atoms with Crippen molar-refractivity contribution in [3.63, 3.8) is 0 Å². The first kappa shape index (κ1) is 16.9. The number of nitrogens with zero attached hydrogens (tertiary/aromatic N) is 1. The zero-order valence-electron chi connectivity index (χ0n) is 11.7. The van der Waals surface area contributed by atoms with E-state index in [4.69, 9.17) is 11.6 Å². The minimum absolute atomic E-state index is 0.226. The molecule has 0 bridgehead atoms. The van der Waals surface area contributed by atoms with E-state index in [1.54, 1.807) is 24.3 Å². The van der Waals surface area contributed by atoms with Crippen LogP contribution in [0.2, 0.25) is 5.02 Å². The van der Waals surface area contributed by atoms with E-state index in [0.29, 0.717) is 10.6 Å². The van der Waals surface area contributed by atoms with Crippen molar-refractivity contribution in [3.8, 4) is 0 Å². The molecule has 0 aliphatic rings. The predicted molar refractivity (Wildman–Crippen MR) is 81.8 cm³/mol. The van der Waals surface area contributed by atoms with Crippen LogP contribution in [-0.4, -0.2) is 22.5 Å². The fraction of sp³-hybridized carbons (Fsp3) is 0.133. The van der Waals surface area contributed by atoms with Gasteiger partial charge in [0.2, 0.25) is 0 Å². The van der Waals surface area contributed by atoms with Crippen LogP contribution in [0.25, 0.3) is 0 Å². The van der Waals surface area contributed by atoms with Crippen LogP contribution in [0, 0.1) is 15.9 Å². The lowest BCUT2D eigenvalue weighted by Gasteiger charge is -2.13. The van der Waals surface area contributed by atoms with Crippen molar-refractivity contribution in [1.82, 2.24) is 5.32 Å². The maximum atomic E-state index is 13.2. The fourth-order valence-corrected chi connectivity index (χ4v) is 2.25. The molecule has 2 N–H and O–H groups in total. The summed E-state index contributed by atoms with van der Waals surface area (Å²) in [6.07, 6.45) is -1.10. The van der Waals surface area contributed by atoms with Crippen molar-refractivity contribution in [3.05, 3.63) is 74.5 Å². The monoisotopic (exact) mass is 338 g/mol. The average Bonchev–Trinajstić information content (AvgIpc) is 2.52. The molecule has 120 valence electrons. The second-order valence-electron chi connectivity index (χ2n) is 4.67. The molecule has 1 amide bonds. The molecule has 0 aliphatic heterocycles. The Morgan fingerprint density at radius 2 is 2.04 bits per heavy atom. The summed E-state index contributed by atoms with van der Waals surface area (Å²) < 4.78 is 13.2. The molecule has 0 fully saturated rings. The zero-order valence-corrected chi connectivity index (χ0v) is 12.5. The number of nitrogens with one attached hydrogen (secondary N) is 1. The first-order valence-electron chi connectivity index (χ1n) is 6.54. The molecule has 0 radical (unpaired) electrons. The first-order valence-corrected chi connectivity index (χ1v) is 6.92. The maximum Gasteiger partial charge on any atom is 0.282 e. The number of amides is 1. The number of aliphatic hydroxyl groups is 1. The Balaban J connectivity index is 2.13. The van der Waals surface area contributed by atoms with Crippen molar-refractivity contribution >= 4 is 23.2 Å². The third kappa shape index (κ3) is 4.02. The average molecular weight is 339 g/mol. The quantitative estimate of drug-likeness (QED) is 0.647. The number of rotatable bonds is 5. The molecule has 2 aromatic carbocycles. The number of carbonyl (C=O) groups is 1.